The Morgan fingerprint density at radius 3 is 2.53 bits per heavy atom. The van der Waals surface area contributed by atoms with Crippen LogP contribution in [0.1, 0.15) is 10.6 Å². The van der Waals surface area contributed by atoms with E-state index in [2.05, 4.69) is 10.0 Å². The quantitative estimate of drug-likeness (QED) is 0.383. The molecule has 3 aromatic carbocycles. The van der Waals surface area contributed by atoms with Crippen molar-refractivity contribution in [2.75, 3.05) is 10.0 Å². The SMILES string of the molecule is O=C(Nc1cc(S(=O)(=O)Nc2cccc(Cl)c2)ccc1O)c1cc2ccccc2o1. The minimum absolute atomic E-state index is 0.0286. The lowest BCUT2D eigenvalue weighted by molar-refractivity contribution is 0.0998. The first-order chi connectivity index (χ1) is 14.3. The number of hydrogen-bond acceptors (Lipinski definition) is 5. The summed E-state index contributed by atoms with van der Waals surface area (Å²) in [5.41, 5.74) is 0.742. The largest absolute Gasteiger partial charge is 0.506 e. The van der Waals surface area contributed by atoms with Crippen LogP contribution in [-0.4, -0.2) is 19.4 Å². The lowest BCUT2D eigenvalue weighted by Crippen LogP contribution is -2.15. The maximum Gasteiger partial charge on any atom is 0.291 e. The molecule has 0 fully saturated rings. The highest BCUT2D eigenvalue weighted by Crippen LogP contribution is 2.29. The molecule has 0 bridgehead atoms. The molecule has 0 unspecified atom stereocenters. The van der Waals surface area contributed by atoms with Gasteiger partial charge in [-0.1, -0.05) is 35.9 Å². The van der Waals surface area contributed by atoms with Gasteiger partial charge >= 0.3 is 0 Å². The van der Waals surface area contributed by atoms with Crippen LogP contribution in [0, 0.1) is 0 Å². The van der Waals surface area contributed by atoms with Crippen LogP contribution in [0.2, 0.25) is 5.02 Å². The van der Waals surface area contributed by atoms with Crippen molar-refractivity contribution < 1.29 is 22.7 Å². The fourth-order valence-corrected chi connectivity index (χ4v) is 4.09. The van der Waals surface area contributed by atoms with Gasteiger partial charge in [-0.25, -0.2) is 8.42 Å². The number of halogens is 1. The lowest BCUT2D eigenvalue weighted by Gasteiger charge is -2.11. The van der Waals surface area contributed by atoms with Gasteiger partial charge in [-0.15, -0.1) is 0 Å². The van der Waals surface area contributed by atoms with Crippen molar-refractivity contribution in [2.45, 2.75) is 4.90 Å². The zero-order chi connectivity index (χ0) is 21.3. The number of carbonyl (C=O) groups is 1. The second-order valence-electron chi connectivity index (χ2n) is 6.40. The number of sulfonamides is 1. The van der Waals surface area contributed by atoms with E-state index in [1.165, 1.54) is 18.2 Å². The monoisotopic (exact) mass is 442 g/mol. The number of hydrogen-bond donors (Lipinski definition) is 3. The van der Waals surface area contributed by atoms with Crippen LogP contribution in [0.4, 0.5) is 11.4 Å². The summed E-state index contributed by atoms with van der Waals surface area (Å²) < 4.78 is 33.3. The normalized spacial score (nSPS) is 11.4. The molecule has 1 aromatic heterocycles. The predicted molar refractivity (Wildman–Crippen MR) is 115 cm³/mol. The highest BCUT2D eigenvalue weighted by molar-refractivity contribution is 7.92. The molecule has 0 aliphatic rings. The van der Waals surface area contributed by atoms with E-state index in [9.17, 15) is 18.3 Å². The summed E-state index contributed by atoms with van der Waals surface area (Å²) in [6.45, 7) is 0. The van der Waals surface area contributed by atoms with Gasteiger partial charge < -0.3 is 14.8 Å². The molecule has 0 atom stereocenters. The third-order valence-corrected chi connectivity index (χ3v) is 5.87. The van der Waals surface area contributed by atoms with E-state index in [0.717, 1.165) is 11.5 Å². The van der Waals surface area contributed by atoms with Crippen molar-refractivity contribution in [3.63, 3.8) is 0 Å². The molecule has 0 saturated carbocycles. The number of amides is 1. The minimum Gasteiger partial charge on any atom is -0.506 e. The highest BCUT2D eigenvalue weighted by atomic mass is 35.5. The number of rotatable bonds is 5. The summed E-state index contributed by atoms with van der Waals surface area (Å²) in [6.07, 6.45) is 0. The maximum absolute atomic E-state index is 12.7. The van der Waals surface area contributed by atoms with Gasteiger partial charge in [0, 0.05) is 10.4 Å². The number of para-hydroxylation sites is 1. The summed E-state index contributed by atoms with van der Waals surface area (Å²) in [7, 11) is -3.98. The van der Waals surface area contributed by atoms with E-state index >= 15 is 0 Å². The Bertz CT molecular complexity index is 1330. The van der Waals surface area contributed by atoms with Crippen molar-refractivity contribution in [3.8, 4) is 5.75 Å². The van der Waals surface area contributed by atoms with Crippen molar-refractivity contribution in [3.05, 3.63) is 83.6 Å². The molecule has 7 nitrogen and oxygen atoms in total. The van der Waals surface area contributed by atoms with Crippen LogP contribution in [-0.2, 0) is 10.0 Å². The number of phenolic OH excluding ortho intramolecular Hbond substituents is 1. The fraction of sp³-hybridized carbons (Fsp3) is 0. The number of nitrogens with one attached hydrogen (secondary N) is 2. The van der Waals surface area contributed by atoms with Gasteiger partial charge in [0.05, 0.1) is 16.3 Å². The van der Waals surface area contributed by atoms with Gasteiger partial charge in [0.25, 0.3) is 15.9 Å². The summed E-state index contributed by atoms with van der Waals surface area (Å²) in [6, 6.07) is 18.5. The van der Waals surface area contributed by atoms with Gasteiger partial charge in [-0.3, -0.25) is 9.52 Å². The maximum atomic E-state index is 12.7. The third-order valence-electron chi connectivity index (χ3n) is 4.25. The standard InChI is InChI=1S/C21H15ClN2O5S/c22-14-5-3-6-15(11-14)24-30(27,28)16-8-9-18(25)17(12-16)23-21(26)20-10-13-4-1-2-7-19(13)29-20/h1-12,24-25H,(H,23,26). The minimum atomic E-state index is -3.98. The Kier molecular flexibility index (Phi) is 5.11. The van der Waals surface area contributed by atoms with Crippen molar-refractivity contribution in [1.82, 2.24) is 0 Å². The highest BCUT2D eigenvalue weighted by Gasteiger charge is 2.19. The number of fused-ring (bicyclic) bond motifs is 1. The molecule has 1 heterocycles. The van der Waals surface area contributed by atoms with Gasteiger partial charge in [0.15, 0.2) is 5.76 Å². The first-order valence-electron chi connectivity index (χ1n) is 8.73. The Balaban J connectivity index is 1.60. The average Bonchev–Trinajstić information content (AvgIpc) is 3.13. The Hall–Kier alpha value is -3.49. The molecule has 0 spiro atoms. The van der Waals surface area contributed by atoms with Crippen LogP contribution in [0.5, 0.6) is 5.75 Å². The van der Waals surface area contributed by atoms with Crippen LogP contribution in [0.15, 0.2) is 82.1 Å². The van der Waals surface area contributed by atoms with Gasteiger partial charge in [-0.2, -0.15) is 0 Å². The first-order valence-corrected chi connectivity index (χ1v) is 10.6. The van der Waals surface area contributed by atoms with Gasteiger partial charge in [-0.05, 0) is 48.5 Å². The lowest BCUT2D eigenvalue weighted by atomic mass is 10.2. The number of aromatic hydroxyl groups is 1. The number of benzene rings is 3. The number of anilines is 2. The third kappa shape index (κ3) is 4.10. The molecule has 9 heteroatoms. The molecular weight excluding hydrogens is 428 g/mol. The molecule has 4 aromatic rings. The number of phenols is 1. The summed E-state index contributed by atoms with van der Waals surface area (Å²) >= 11 is 5.89. The Morgan fingerprint density at radius 1 is 0.967 bits per heavy atom. The van der Waals surface area contributed by atoms with Crippen LogP contribution in [0.3, 0.4) is 0 Å². The molecule has 0 aliphatic heterocycles. The molecule has 0 aliphatic carbocycles. The molecule has 30 heavy (non-hydrogen) atoms. The molecular formula is C21H15ClN2O5S. The summed E-state index contributed by atoms with van der Waals surface area (Å²) in [4.78, 5) is 12.4. The average molecular weight is 443 g/mol. The topological polar surface area (TPSA) is 109 Å². The smallest absolute Gasteiger partial charge is 0.291 e. The number of carbonyl (C=O) groups excluding carboxylic acids is 1. The van der Waals surface area contributed by atoms with E-state index in [1.807, 2.05) is 6.07 Å². The second kappa shape index (κ2) is 7.74. The molecule has 4 rings (SSSR count). The predicted octanol–water partition coefficient (Wildman–Crippen LogP) is 4.84. The van der Waals surface area contributed by atoms with Crippen LogP contribution >= 0.6 is 11.6 Å². The van der Waals surface area contributed by atoms with Crippen LogP contribution < -0.4 is 10.0 Å². The van der Waals surface area contributed by atoms with Crippen molar-refractivity contribution >= 4 is 49.9 Å². The van der Waals surface area contributed by atoms with Gasteiger partial charge in [0.2, 0.25) is 0 Å². The second-order valence-corrected chi connectivity index (χ2v) is 8.52. The summed E-state index contributed by atoms with van der Waals surface area (Å²) in [5.74, 6) is -0.888. The van der Waals surface area contributed by atoms with Crippen LogP contribution in [0.25, 0.3) is 11.0 Å². The van der Waals surface area contributed by atoms with E-state index in [1.54, 1.807) is 42.5 Å². The fourth-order valence-electron chi connectivity index (χ4n) is 2.83. The van der Waals surface area contributed by atoms with Crippen molar-refractivity contribution in [2.24, 2.45) is 0 Å². The van der Waals surface area contributed by atoms with E-state index in [0.29, 0.717) is 10.6 Å². The van der Waals surface area contributed by atoms with E-state index in [4.69, 9.17) is 16.0 Å². The van der Waals surface area contributed by atoms with Crippen molar-refractivity contribution in [1.29, 1.82) is 0 Å². The van der Waals surface area contributed by atoms with Gasteiger partial charge in [0.1, 0.15) is 11.3 Å². The Morgan fingerprint density at radius 2 is 1.77 bits per heavy atom. The molecule has 0 saturated heterocycles. The number of furan rings is 1. The molecule has 1 amide bonds. The van der Waals surface area contributed by atoms with E-state index in [-0.39, 0.29) is 27.8 Å². The summed E-state index contributed by atoms with van der Waals surface area (Å²) in [5, 5.41) is 13.7. The molecule has 152 valence electrons. The zero-order valence-electron chi connectivity index (χ0n) is 15.3. The first kappa shape index (κ1) is 19.8. The molecule has 3 N–H and O–H groups in total. The van der Waals surface area contributed by atoms with E-state index < -0.39 is 15.9 Å². The molecule has 0 radical (unpaired) electrons. The Labute approximate surface area is 177 Å². The zero-order valence-corrected chi connectivity index (χ0v) is 16.9.